The summed E-state index contributed by atoms with van der Waals surface area (Å²) >= 11 is 0. The number of anilines is 2. The number of amides is 1. The molecule has 1 aliphatic carbocycles. The second-order valence-electron chi connectivity index (χ2n) is 8.51. The fraction of sp³-hybridized carbons (Fsp3) is 0.160. The topological polar surface area (TPSA) is 125 Å². The fourth-order valence-corrected chi connectivity index (χ4v) is 3.89. The molecule has 3 heterocycles. The van der Waals surface area contributed by atoms with Gasteiger partial charge in [-0.25, -0.2) is 18.7 Å². The summed E-state index contributed by atoms with van der Waals surface area (Å²) < 4.78 is 72.7. The van der Waals surface area contributed by atoms with Gasteiger partial charge in [0.2, 0.25) is 5.91 Å². The van der Waals surface area contributed by atoms with Gasteiger partial charge in [-0.15, -0.1) is 0 Å². The van der Waals surface area contributed by atoms with Gasteiger partial charge in [-0.05, 0) is 18.6 Å². The quantitative estimate of drug-likeness (QED) is 0.331. The van der Waals surface area contributed by atoms with Gasteiger partial charge in [0, 0.05) is 11.6 Å². The SMILES string of the molecule is Nc1nc(-c2cc(-c3ccon3)n(Cc3cccc(F)c3F)n2)ncc1NC(=O)C1C=CC(C(F)(F)F)=CC1. The Balaban J connectivity index is 1.38. The van der Waals surface area contributed by atoms with Gasteiger partial charge < -0.3 is 15.6 Å². The van der Waals surface area contributed by atoms with Crippen molar-refractivity contribution in [2.75, 3.05) is 11.1 Å². The molecule has 0 bridgehead atoms. The number of rotatable bonds is 6. The van der Waals surface area contributed by atoms with Crippen molar-refractivity contribution in [3.05, 3.63) is 83.8 Å². The molecule has 200 valence electrons. The van der Waals surface area contributed by atoms with Crippen molar-refractivity contribution < 1.29 is 31.3 Å². The van der Waals surface area contributed by atoms with E-state index in [4.69, 9.17) is 10.3 Å². The van der Waals surface area contributed by atoms with Crippen LogP contribution in [0.3, 0.4) is 0 Å². The average Bonchev–Trinajstić information content (AvgIpc) is 3.58. The molecular weight excluding hydrogens is 525 g/mol. The molecule has 39 heavy (non-hydrogen) atoms. The average molecular weight is 543 g/mol. The summed E-state index contributed by atoms with van der Waals surface area (Å²) in [7, 11) is 0. The van der Waals surface area contributed by atoms with Crippen molar-refractivity contribution in [3.8, 4) is 22.9 Å². The zero-order chi connectivity index (χ0) is 27.7. The molecule has 0 fully saturated rings. The summed E-state index contributed by atoms with van der Waals surface area (Å²) in [6.45, 7) is -0.144. The van der Waals surface area contributed by atoms with Gasteiger partial charge in [0.25, 0.3) is 0 Å². The van der Waals surface area contributed by atoms with E-state index in [0.717, 1.165) is 18.2 Å². The first-order chi connectivity index (χ1) is 18.6. The predicted octanol–water partition coefficient (Wildman–Crippen LogP) is 4.91. The van der Waals surface area contributed by atoms with E-state index in [0.29, 0.717) is 11.4 Å². The smallest absolute Gasteiger partial charge is 0.382 e. The number of nitrogens with two attached hydrogens (primary N) is 1. The Morgan fingerprint density at radius 3 is 2.69 bits per heavy atom. The Kier molecular flexibility index (Phi) is 6.68. The third-order valence-electron chi connectivity index (χ3n) is 5.90. The fourth-order valence-electron chi connectivity index (χ4n) is 3.89. The highest BCUT2D eigenvalue weighted by atomic mass is 19.4. The van der Waals surface area contributed by atoms with Crippen LogP contribution in [0.15, 0.2) is 71.1 Å². The molecule has 3 aromatic heterocycles. The van der Waals surface area contributed by atoms with Crippen LogP contribution in [0.1, 0.15) is 12.0 Å². The van der Waals surface area contributed by atoms with Gasteiger partial charge in [0.05, 0.1) is 29.9 Å². The van der Waals surface area contributed by atoms with Gasteiger partial charge in [-0.2, -0.15) is 18.3 Å². The molecular formula is C25H18F5N7O2. The van der Waals surface area contributed by atoms with Crippen LogP contribution in [0.2, 0.25) is 0 Å². The highest BCUT2D eigenvalue weighted by Gasteiger charge is 2.34. The van der Waals surface area contributed by atoms with Crippen molar-refractivity contribution in [1.82, 2.24) is 24.9 Å². The number of nitrogens with zero attached hydrogens (tertiary/aromatic N) is 5. The predicted molar refractivity (Wildman–Crippen MR) is 129 cm³/mol. The second-order valence-corrected chi connectivity index (χ2v) is 8.51. The van der Waals surface area contributed by atoms with E-state index in [1.54, 1.807) is 12.1 Å². The Bertz CT molecular complexity index is 1590. The number of nitrogens with one attached hydrogen (secondary N) is 1. The van der Waals surface area contributed by atoms with E-state index >= 15 is 0 Å². The summed E-state index contributed by atoms with van der Waals surface area (Å²) in [6.07, 6.45) is 0.925. The van der Waals surface area contributed by atoms with Gasteiger partial charge in [-0.3, -0.25) is 9.48 Å². The molecule has 9 nitrogen and oxygen atoms in total. The minimum absolute atomic E-state index is 0.0434. The first-order valence-corrected chi connectivity index (χ1v) is 11.4. The zero-order valence-corrected chi connectivity index (χ0v) is 19.8. The first kappa shape index (κ1) is 25.8. The Labute approximate surface area is 216 Å². The van der Waals surface area contributed by atoms with Crippen LogP contribution in [0, 0.1) is 17.6 Å². The van der Waals surface area contributed by atoms with E-state index in [1.165, 1.54) is 35.4 Å². The Morgan fingerprint density at radius 2 is 2.03 bits per heavy atom. The van der Waals surface area contributed by atoms with Gasteiger partial charge in [0.1, 0.15) is 23.3 Å². The number of hydrogen-bond acceptors (Lipinski definition) is 7. The molecule has 3 N–H and O–H groups in total. The van der Waals surface area contributed by atoms with Gasteiger partial charge >= 0.3 is 6.18 Å². The monoisotopic (exact) mass is 543 g/mol. The summed E-state index contributed by atoms with van der Waals surface area (Å²) in [5.74, 6) is -3.49. The number of carbonyl (C=O) groups excluding carboxylic acids is 1. The lowest BCUT2D eigenvalue weighted by Crippen LogP contribution is -2.24. The van der Waals surface area contributed by atoms with Crippen molar-refractivity contribution >= 4 is 17.4 Å². The molecule has 4 aromatic rings. The molecule has 14 heteroatoms. The highest BCUT2D eigenvalue weighted by Crippen LogP contribution is 2.32. The molecule has 1 unspecified atom stereocenters. The van der Waals surface area contributed by atoms with E-state index in [-0.39, 0.29) is 41.6 Å². The number of aromatic nitrogens is 5. The van der Waals surface area contributed by atoms with E-state index in [2.05, 4.69) is 25.5 Å². The van der Waals surface area contributed by atoms with E-state index < -0.39 is 35.2 Å². The minimum Gasteiger partial charge on any atom is -0.382 e. The number of alkyl halides is 3. The van der Waals surface area contributed by atoms with Gasteiger partial charge in [-0.1, -0.05) is 35.5 Å². The summed E-state index contributed by atoms with van der Waals surface area (Å²) in [4.78, 5) is 20.9. The van der Waals surface area contributed by atoms with E-state index in [9.17, 15) is 26.7 Å². The Morgan fingerprint density at radius 1 is 1.21 bits per heavy atom. The normalized spacial score (nSPS) is 15.3. The van der Waals surface area contributed by atoms with Crippen LogP contribution >= 0.6 is 0 Å². The maximum Gasteiger partial charge on any atom is 0.416 e. The zero-order valence-electron chi connectivity index (χ0n) is 19.8. The lowest BCUT2D eigenvalue weighted by atomic mass is 9.95. The van der Waals surface area contributed by atoms with Crippen LogP contribution in [0.5, 0.6) is 0 Å². The lowest BCUT2D eigenvalue weighted by Gasteiger charge is -2.17. The Hall–Kier alpha value is -4.88. The number of benzene rings is 1. The molecule has 1 aromatic carbocycles. The highest BCUT2D eigenvalue weighted by molar-refractivity contribution is 5.96. The summed E-state index contributed by atoms with van der Waals surface area (Å²) in [5.41, 5.74) is 6.28. The molecule has 0 saturated heterocycles. The summed E-state index contributed by atoms with van der Waals surface area (Å²) in [5, 5.41) is 10.8. The minimum atomic E-state index is -4.49. The van der Waals surface area contributed by atoms with E-state index in [1.807, 2.05) is 0 Å². The van der Waals surface area contributed by atoms with Crippen molar-refractivity contribution in [3.63, 3.8) is 0 Å². The molecule has 1 atom stereocenters. The van der Waals surface area contributed by atoms with Crippen LogP contribution in [0.25, 0.3) is 22.9 Å². The molecule has 0 saturated carbocycles. The molecule has 1 amide bonds. The van der Waals surface area contributed by atoms with Crippen LogP contribution in [0.4, 0.5) is 33.5 Å². The van der Waals surface area contributed by atoms with Gasteiger partial charge in [0.15, 0.2) is 23.3 Å². The maximum atomic E-state index is 14.3. The largest absolute Gasteiger partial charge is 0.416 e. The van der Waals surface area contributed by atoms with Crippen molar-refractivity contribution in [1.29, 1.82) is 0 Å². The maximum absolute atomic E-state index is 14.3. The number of hydrogen-bond donors (Lipinski definition) is 2. The van der Waals surface area contributed by atoms with Crippen LogP contribution < -0.4 is 11.1 Å². The second kappa shape index (κ2) is 10.1. The number of carbonyl (C=O) groups is 1. The lowest BCUT2D eigenvalue weighted by molar-refractivity contribution is -0.118. The molecule has 0 aliphatic heterocycles. The number of halogens is 5. The third kappa shape index (κ3) is 5.39. The molecule has 0 spiro atoms. The van der Waals surface area contributed by atoms with Crippen LogP contribution in [-0.2, 0) is 11.3 Å². The number of allylic oxidation sites excluding steroid dienone is 3. The third-order valence-corrected chi connectivity index (χ3v) is 5.90. The summed E-state index contributed by atoms with van der Waals surface area (Å²) in [6, 6.07) is 6.90. The number of nitrogen functional groups attached to an aromatic ring is 1. The first-order valence-electron chi connectivity index (χ1n) is 11.4. The molecule has 1 aliphatic rings. The molecule has 0 radical (unpaired) electrons. The standard InChI is InChI=1S/C25H18F5N7O2/c26-16-3-1-2-14(21(16)27)12-37-20(17-8-9-39-36-17)10-18(35-37)23-32-11-19(22(31)34-23)33-24(38)13-4-6-15(7-5-13)25(28,29)30/h1-4,6-11,13H,5,12H2,(H,33,38)(H2,31,32,34). The van der Waals surface area contributed by atoms with Crippen molar-refractivity contribution in [2.45, 2.75) is 19.1 Å². The van der Waals surface area contributed by atoms with Crippen molar-refractivity contribution in [2.24, 2.45) is 5.92 Å². The van der Waals surface area contributed by atoms with Crippen LogP contribution in [-0.4, -0.2) is 37.0 Å². The molecule has 5 rings (SSSR count).